The number of anilines is 1. The van der Waals surface area contributed by atoms with Crippen LogP contribution in [-0.4, -0.2) is 28.2 Å². The first-order valence-electron chi connectivity index (χ1n) is 4.62. The van der Waals surface area contributed by atoms with Gasteiger partial charge in [0.05, 0.1) is 17.7 Å². The van der Waals surface area contributed by atoms with Crippen molar-refractivity contribution in [3.8, 4) is 16.3 Å². The lowest BCUT2D eigenvalue weighted by Crippen LogP contribution is -1.94. The molecule has 0 spiro atoms. The number of carbonyl (C=O) groups is 1. The number of nitrogen functional groups attached to an aromatic ring is 1. The summed E-state index contributed by atoms with van der Waals surface area (Å²) >= 11 is 1.08. The van der Waals surface area contributed by atoms with E-state index in [1.165, 1.54) is 13.3 Å². The highest BCUT2D eigenvalue weighted by Crippen LogP contribution is 2.35. The number of hydrogen-bond donors (Lipinski definition) is 2. The SMILES string of the molecule is COc1cc(-c2ccnc(N)n2)sc1C(=O)O. The summed E-state index contributed by atoms with van der Waals surface area (Å²) in [5.41, 5.74) is 6.05. The van der Waals surface area contributed by atoms with Crippen molar-refractivity contribution < 1.29 is 14.6 Å². The van der Waals surface area contributed by atoms with Gasteiger partial charge in [-0.05, 0) is 6.07 Å². The average Bonchev–Trinajstić information content (AvgIpc) is 2.73. The van der Waals surface area contributed by atoms with Crippen molar-refractivity contribution in [2.45, 2.75) is 0 Å². The Bertz CT molecular complexity index is 568. The minimum atomic E-state index is -1.03. The number of aromatic carboxylic acids is 1. The Hall–Kier alpha value is -2.15. The molecule has 0 aliphatic carbocycles. The topological polar surface area (TPSA) is 98.3 Å². The largest absolute Gasteiger partial charge is 0.495 e. The zero-order valence-electron chi connectivity index (χ0n) is 8.88. The minimum absolute atomic E-state index is 0.139. The first-order chi connectivity index (χ1) is 8.11. The first kappa shape index (κ1) is 11.3. The highest BCUT2D eigenvalue weighted by Gasteiger charge is 2.17. The third kappa shape index (κ3) is 2.18. The summed E-state index contributed by atoms with van der Waals surface area (Å²) in [7, 11) is 1.42. The minimum Gasteiger partial charge on any atom is -0.495 e. The summed E-state index contributed by atoms with van der Waals surface area (Å²) in [4.78, 5) is 19.6. The van der Waals surface area contributed by atoms with E-state index in [9.17, 15) is 4.79 Å². The van der Waals surface area contributed by atoms with Gasteiger partial charge in [0.2, 0.25) is 5.95 Å². The Labute approximate surface area is 101 Å². The van der Waals surface area contributed by atoms with Crippen LogP contribution in [0.25, 0.3) is 10.6 Å². The van der Waals surface area contributed by atoms with Gasteiger partial charge in [0.15, 0.2) is 4.88 Å². The second kappa shape index (κ2) is 4.38. The van der Waals surface area contributed by atoms with E-state index in [0.29, 0.717) is 16.3 Å². The Morgan fingerprint density at radius 1 is 1.59 bits per heavy atom. The van der Waals surface area contributed by atoms with Crippen molar-refractivity contribution in [3.63, 3.8) is 0 Å². The van der Waals surface area contributed by atoms with Gasteiger partial charge in [0.1, 0.15) is 5.75 Å². The van der Waals surface area contributed by atoms with Crippen molar-refractivity contribution in [2.75, 3.05) is 12.8 Å². The molecular formula is C10H9N3O3S. The molecular weight excluding hydrogens is 242 g/mol. The van der Waals surface area contributed by atoms with E-state index in [0.717, 1.165) is 11.3 Å². The van der Waals surface area contributed by atoms with Gasteiger partial charge in [0, 0.05) is 12.3 Å². The van der Waals surface area contributed by atoms with E-state index in [2.05, 4.69) is 9.97 Å². The quantitative estimate of drug-likeness (QED) is 0.857. The maximum atomic E-state index is 11.0. The van der Waals surface area contributed by atoms with Crippen LogP contribution in [0.2, 0.25) is 0 Å². The molecule has 7 heteroatoms. The average molecular weight is 251 g/mol. The molecule has 0 saturated heterocycles. The van der Waals surface area contributed by atoms with E-state index in [1.54, 1.807) is 12.1 Å². The fourth-order valence-electron chi connectivity index (χ4n) is 1.31. The monoisotopic (exact) mass is 251 g/mol. The number of nitrogens with zero attached hydrogens (tertiary/aromatic N) is 2. The third-order valence-corrected chi connectivity index (χ3v) is 3.17. The maximum Gasteiger partial charge on any atom is 0.349 e. The van der Waals surface area contributed by atoms with Crippen LogP contribution < -0.4 is 10.5 Å². The van der Waals surface area contributed by atoms with Gasteiger partial charge < -0.3 is 15.6 Å². The van der Waals surface area contributed by atoms with Crippen LogP contribution in [-0.2, 0) is 0 Å². The van der Waals surface area contributed by atoms with Crippen LogP contribution in [0.3, 0.4) is 0 Å². The fraction of sp³-hybridized carbons (Fsp3) is 0.100. The molecule has 0 bridgehead atoms. The van der Waals surface area contributed by atoms with Crippen molar-refractivity contribution in [1.29, 1.82) is 0 Å². The van der Waals surface area contributed by atoms with E-state index in [-0.39, 0.29) is 10.8 Å². The highest BCUT2D eigenvalue weighted by molar-refractivity contribution is 7.17. The number of carboxylic acids is 1. The molecule has 0 saturated carbocycles. The molecule has 0 atom stereocenters. The molecule has 6 nitrogen and oxygen atoms in total. The molecule has 2 aromatic heterocycles. The number of carboxylic acid groups (broad SMARTS) is 1. The van der Waals surface area contributed by atoms with Crippen molar-refractivity contribution >= 4 is 23.3 Å². The highest BCUT2D eigenvalue weighted by atomic mass is 32.1. The zero-order valence-corrected chi connectivity index (χ0v) is 9.69. The van der Waals surface area contributed by atoms with E-state index >= 15 is 0 Å². The second-order valence-electron chi connectivity index (χ2n) is 3.11. The number of aromatic nitrogens is 2. The van der Waals surface area contributed by atoms with Crippen LogP contribution in [0.4, 0.5) is 5.95 Å². The Morgan fingerprint density at radius 2 is 2.35 bits per heavy atom. The lowest BCUT2D eigenvalue weighted by Gasteiger charge is -1.96. The lowest BCUT2D eigenvalue weighted by molar-refractivity contribution is 0.0699. The Balaban J connectivity index is 2.50. The molecule has 17 heavy (non-hydrogen) atoms. The van der Waals surface area contributed by atoms with Crippen molar-refractivity contribution in [1.82, 2.24) is 9.97 Å². The molecule has 0 aromatic carbocycles. The molecule has 0 unspecified atom stereocenters. The summed E-state index contributed by atoms with van der Waals surface area (Å²) in [6.45, 7) is 0. The third-order valence-electron chi connectivity index (χ3n) is 2.04. The second-order valence-corrected chi connectivity index (χ2v) is 4.17. The normalized spacial score (nSPS) is 10.2. The summed E-state index contributed by atoms with van der Waals surface area (Å²) in [6.07, 6.45) is 1.52. The lowest BCUT2D eigenvalue weighted by atomic mass is 10.3. The predicted octanol–water partition coefficient (Wildman–Crippen LogP) is 1.49. The van der Waals surface area contributed by atoms with Crippen LogP contribution in [0.1, 0.15) is 9.67 Å². The molecule has 2 rings (SSSR count). The van der Waals surface area contributed by atoms with Crippen molar-refractivity contribution in [3.05, 3.63) is 23.2 Å². The summed E-state index contributed by atoms with van der Waals surface area (Å²) in [6, 6.07) is 3.28. The standard InChI is InChI=1S/C10H9N3O3S/c1-16-6-4-7(17-8(6)9(14)15)5-2-3-12-10(11)13-5/h2-4H,1H3,(H,14,15)(H2,11,12,13). The van der Waals surface area contributed by atoms with E-state index in [4.69, 9.17) is 15.6 Å². The fourth-order valence-corrected chi connectivity index (χ4v) is 2.25. The predicted molar refractivity (Wildman–Crippen MR) is 63.3 cm³/mol. The van der Waals surface area contributed by atoms with Crippen LogP contribution >= 0.6 is 11.3 Å². The van der Waals surface area contributed by atoms with Gasteiger partial charge in [-0.15, -0.1) is 11.3 Å². The number of nitrogens with two attached hydrogens (primary N) is 1. The Morgan fingerprint density at radius 3 is 2.88 bits per heavy atom. The van der Waals surface area contributed by atoms with Crippen molar-refractivity contribution in [2.24, 2.45) is 0 Å². The molecule has 0 aliphatic rings. The summed E-state index contributed by atoms with van der Waals surface area (Å²) in [5, 5.41) is 8.98. The van der Waals surface area contributed by atoms with Gasteiger partial charge in [-0.1, -0.05) is 0 Å². The maximum absolute atomic E-state index is 11.0. The molecule has 88 valence electrons. The van der Waals surface area contributed by atoms with Gasteiger partial charge in [-0.3, -0.25) is 0 Å². The van der Waals surface area contributed by atoms with Gasteiger partial charge in [0.25, 0.3) is 0 Å². The molecule has 0 radical (unpaired) electrons. The summed E-state index contributed by atoms with van der Waals surface area (Å²) < 4.78 is 4.99. The Kier molecular flexibility index (Phi) is 2.92. The first-order valence-corrected chi connectivity index (χ1v) is 5.43. The smallest absolute Gasteiger partial charge is 0.349 e. The molecule has 0 amide bonds. The van der Waals surface area contributed by atoms with Gasteiger partial charge in [-0.2, -0.15) is 0 Å². The number of rotatable bonds is 3. The van der Waals surface area contributed by atoms with E-state index < -0.39 is 5.97 Å². The van der Waals surface area contributed by atoms with Crippen LogP contribution in [0, 0.1) is 0 Å². The summed E-state index contributed by atoms with van der Waals surface area (Å²) in [5.74, 6) is -0.568. The number of methoxy groups -OCH3 is 1. The molecule has 0 aliphatic heterocycles. The van der Waals surface area contributed by atoms with Gasteiger partial charge >= 0.3 is 5.97 Å². The number of thiophene rings is 1. The van der Waals surface area contributed by atoms with Gasteiger partial charge in [-0.25, -0.2) is 14.8 Å². The van der Waals surface area contributed by atoms with Crippen LogP contribution in [0.15, 0.2) is 18.3 Å². The number of ether oxygens (including phenoxy) is 1. The van der Waals surface area contributed by atoms with Crippen LogP contribution in [0.5, 0.6) is 5.75 Å². The zero-order chi connectivity index (χ0) is 12.4. The molecule has 2 aromatic rings. The molecule has 2 heterocycles. The van der Waals surface area contributed by atoms with E-state index in [1.807, 2.05) is 0 Å². The molecule has 3 N–H and O–H groups in total. The molecule has 0 fully saturated rings. The number of hydrogen-bond acceptors (Lipinski definition) is 6.